The molecule has 21 heavy (non-hydrogen) atoms. The van der Waals surface area contributed by atoms with Gasteiger partial charge < -0.3 is 19.7 Å². The third-order valence-corrected chi connectivity index (χ3v) is 3.33. The van der Waals surface area contributed by atoms with Crippen LogP contribution in [-0.4, -0.2) is 51.2 Å². The molecular weight excluding hydrogens is 268 g/mol. The van der Waals surface area contributed by atoms with Crippen LogP contribution >= 0.6 is 0 Å². The highest BCUT2D eigenvalue weighted by Crippen LogP contribution is 2.35. The second-order valence-corrected chi connectivity index (χ2v) is 4.90. The largest absolute Gasteiger partial charge is 0.490 e. The molecule has 1 amide bonds. The summed E-state index contributed by atoms with van der Waals surface area (Å²) in [6.45, 7) is 4.23. The maximum Gasteiger partial charge on any atom is 0.253 e. The van der Waals surface area contributed by atoms with Crippen molar-refractivity contribution >= 4 is 12.0 Å². The summed E-state index contributed by atoms with van der Waals surface area (Å²) in [4.78, 5) is 14.0. The average molecular weight is 290 g/mol. The maximum atomic E-state index is 12.3. The van der Waals surface area contributed by atoms with Crippen LogP contribution in [0.25, 0.3) is 6.08 Å². The molecular formula is C16H22N2O3. The predicted octanol–water partition coefficient (Wildman–Crippen LogP) is 1.54. The van der Waals surface area contributed by atoms with Gasteiger partial charge in [0, 0.05) is 25.7 Å². The first-order chi connectivity index (χ1) is 10.2. The molecule has 5 heteroatoms. The van der Waals surface area contributed by atoms with E-state index in [1.807, 2.05) is 38.2 Å². The molecule has 2 rings (SSSR count). The number of nitrogens with one attached hydrogen (secondary N) is 1. The summed E-state index contributed by atoms with van der Waals surface area (Å²) in [5, 5.41) is 3.03. The number of carbonyl (C=O) groups excluding carboxylic acids is 1. The van der Waals surface area contributed by atoms with Gasteiger partial charge in [-0.2, -0.15) is 0 Å². The summed E-state index contributed by atoms with van der Waals surface area (Å²) >= 11 is 0. The molecule has 0 saturated heterocycles. The molecule has 0 aliphatic carbocycles. The standard InChI is InChI=1S/C16H22N2O3/c1-4-20-14-7-5-6-12-10-13(11-21-15(12)14)16(19)18(3)9-8-17-2/h5-7,10,17H,4,8-9,11H2,1-3H3. The van der Waals surface area contributed by atoms with Crippen molar-refractivity contribution in [3.63, 3.8) is 0 Å². The van der Waals surface area contributed by atoms with Crippen molar-refractivity contribution in [1.82, 2.24) is 10.2 Å². The minimum Gasteiger partial charge on any atom is -0.490 e. The number of amides is 1. The molecule has 0 unspecified atom stereocenters. The molecule has 1 N–H and O–H groups in total. The van der Waals surface area contributed by atoms with Gasteiger partial charge in [0.25, 0.3) is 5.91 Å². The van der Waals surface area contributed by atoms with E-state index < -0.39 is 0 Å². The van der Waals surface area contributed by atoms with Crippen molar-refractivity contribution in [3.05, 3.63) is 29.3 Å². The molecule has 1 aromatic carbocycles. The highest BCUT2D eigenvalue weighted by molar-refractivity contribution is 5.99. The van der Waals surface area contributed by atoms with Gasteiger partial charge in [-0.3, -0.25) is 4.79 Å². The van der Waals surface area contributed by atoms with Gasteiger partial charge in [-0.15, -0.1) is 0 Å². The lowest BCUT2D eigenvalue weighted by Crippen LogP contribution is -2.35. The van der Waals surface area contributed by atoms with Gasteiger partial charge in [-0.05, 0) is 26.1 Å². The smallest absolute Gasteiger partial charge is 0.253 e. The van der Waals surface area contributed by atoms with Crippen molar-refractivity contribution in [3.8, 4) is 11.5 Å². The molecule has 0 radical (unpaired) electrons. The molecule has 0 aromatic heterocycles. The van der Waals surface area contributed by atoms with Gasteiger partial charge in [-0.25, -0.2) is 0 Å². The molecule has 1 aromatic rings. The van der Waals surface area contributed by atoms with E-state index >= 15 is 0 Å². The molecule has 5 nitrogen and oxygen atoms in total. The van der Waals surface area contributed by atoms with Gasteiger partial charge in [0.2, 0.25) is 0 Å². The highest BCUT2D eigenvalue weighted by Gasteiger charge is 2.22. The Morgan fingerprint density at radius 1 is 1.48 bits per heavy atom. The fourth-order valence-electron chi connectivity index (χ4n) is 2.20. The molecule has 0 saturated carbocycles. The monoisotopic (exact) mass is 290 g/mol. The first kappa shape index (κ1) is 15.4. The molecule has 1 aliphatic rings. The zero-order valence-electron chi connectivity index (χ0n) is 12.8. The second-order valence-electron chi connectivity index (χ2n) is 4.90. The fourth-order valence-corrected chi connectivity index (χ4v) is 2.20. The van der Waals surface area contributed by atoms with Crippen LogP contribution in [0.1, 0.15) is 12.5 Å². The van der Waals surface area contributed by atoms with Gasteiger partial charge >= 0.3 is 0 Å². The van der Waals surface area contributed by atoms with Crippen LogP contribution in [0.3, 0.4) is 0 Å². The van der Waals surface area contributed by atoms with Crippen LogP contribution in [0.2, 0.25) is 0 Å². The minimum atomic E-state index is -0.00212. The van der Waals surface area contributed by atoms with E-state index in [0.29, 0.717) is 24.5 Å². The Morgan fingerprint density at radius 3 is 3.00 bits per heavy atom. The third-order valence-electron chi connectivity index (χ3n) is 3.33. The first-order valence-electron chi connectivity index (χ1n) is 7.16. The van der Waals surface area contributed by atoms with E-state index in [2.05, 4.69) is 5.32 Å². The van der Waals surface area contributed by atoms with Crippen LogP contribution in [0.4, 0.5) is 0 Å². The molecule has 0 spiro atoms. The Balaban J connectivity index is 2.18. The van der Waals surface area contributed by atoms with Crippen molar-refractivity contribution in [2.24, 2.45) is 0 Å². The summed E-state index contributed by atoms with van der Waals surface area (Å²) in [7, 11) is 3.67. The van der Waals surface area contributed by atoms with Crippen molar-refractivity contribution in [2.45, 2.75) is 6.92 Å². The Bertz CT molecular complexity index is 540. The maximum absolute atomic E-state index is 12.3. The van der Waals surface area contributed by atoms with E-state index in [1.54, 1.807) is 11.9 Å². The molecule has 114 valence electrons. The molecule has 0 bridgehead atoms. The number of likely N-dealkylation sites (N-methyl/N-ethyl adjacent to an activating group) is 2. The summed E-state index contributed by atoms with van der Waals surface area (Å²) in [6.07, 6.45) is 1.89. The number of ether oxygens (including phenoxy) is 2. The first-order valence-corrected chi connectivity index (χ1v) is 7.16. The number of carbonyl (C=O) groups is 1. The van der Waals surface area contributed by atoms with E-state index in [1.165, 1.54) is 0 Å². The summed E-state index contributed by atoms with van der Waals surface area (Å²) < 4.78 is 11.3. The van der Waals surface area contributed by atoms with Gasteiger partial charge in [0.05, 0.1) is 12.2 Å². The van der Waals surface area contributed by atoms with Crippen molar-refractivity contribution in [2.75, 3.05) is 40.4 Å². The average Bonchev–Trinajstić information content (AvgIpc) is 2.52. The highest BCUT2D eigenvalue weighted by atomic mass is 16.5. The van der Waals surface area contributed by atoms with Gasteiger partial charge in [0.15, 0.2) is 11.5 Å². The van der Waals surface area contributed by atoms with E-state index in [-0.39, 0.29) is 12.5 Å². The van der Waals surface area contributed by atoms with E-state index in [0.717, 1.165) is 17.9 Å². The Labute approximate surface area is 125 Å². The quantitative estimate of drug-likeness (QED) is 0.863. The van der Waals surface area contributed by atoms with Crippen molar-refractivity contribution in [1.29, 1.82) is 0 Å². The van der Waals surface area contributed by atoms with Crippen LogP contribution in [0.15, 0.2) is 23.8 Å². The van der Waals surface area contributed by atoms with Gasteiger partial charge in [0.1, 0.15) is 6.61 Å². The second kappa shape index (κ2) is 7.13. The van der Waals surface area contributed by atoms with Gasteiger partial charge in [-0.1, -0.05) is 12.1 Å². The minimum absolute atomic E-state index is 0.00212. The number of rotatable bonds is 6. The number of hydrogen-bond acceptors (Lipinski definition) is 4. The molecule has 0 atom stereocenters. The van der Waals surface area contributed by atoms with E-state index in [9.17, 15) is 4.79 Å². The topological polar surface area (TPSA) is 50.8 Å². The number of nitrogens with zero attached hydrogens (tertiary/aromatic N) is 1. The zero-order valence-corrected chi connectivity index (χ0v) is 12.8. The van der Waals surface area contributed by atoms with Crippen LogP contribution in [-0.2, 0) is 4.79 Å². The Kier molecular flexibility index (Phi) is 5.22. The predicted molar refractivity (Wildman–Crippen MR) is 82.6 cm³/mol. The number of hydrogen-bond donors (Lipinski definition) is 1. The third kappa shape index (κ3) is 3.55. The van der Waals surface area contributed by atoms with Crippen molar-refractivity contribution < 1.29 is 14.3 Å². The van der Waals surface area contributed by atoms with E-state index in [4.69, 9.17) is 9.47 Å². The lowest BCUT2D eigenvalue weighted by Gasteiger charge is -2.23. The Hall–Kier alpha value is -2.01. The molecule has 1 aliphatic heterocycles. The SMILES string of the molecule is CCOc1cccc2c1OCC(C(=O)N(C)CCNC)=C2. The number of para-hydroxylation sites is 1. The summed E-state index contributed by atoms with van der Waals surface area (Å²) in [5.41, 5.74) is 1.55. The Morgan fingerprint density at radius 2 is 2.29 bits per heavy atom. The lowest BCUT2D eigenvalue weighted by atomic mass is 10.1. The normalized spacial score (nSPS) is 13.0. The molecule has 1 heterocycles. The fraction of sp³-hybridized carbons (Fsp3) is 0.438. The number of fused-ring (bicyclic) bond motifs is 1. The zero-order chi connectivity index (χ0) is 15.2. The van der Waals surface area contributed by atoms with Crippen LogP contribution < -0.4 is 14.8 Å². The van der Waals surface area contributed by atoms with Crippen LogP contribution in [0, 0.1) is 0 Å². The number of benzene rings is 1. The molecule has 0 fully saturated rings. The summed E-state index contributed by atoms with van der Waals surface area (Å²) in [5.74, 6) is 1.44. The van der Waals surface area contributed by atoms with Crippen LogP contribution in [0.5, 0.6) is 11.5 Å². The lowest BCUT2D eigenvalue weighted by molar-refractivity contribution is -0.126. The summed E-state index contributed by atoms with van der Waals surface area (Å²) in [6, 6.07) is 5.71.